The van der Waals surface area contributed by atoms with E-state index in [4.69, 9.17) is 5.73 Å². The Morgan fingerprint density at radius 2 is 1.76 bits per heavy atom. The number of hydrogen-bond donors (Lipinski definition) is 5. The van der Waals surface area contributed by atoms with Gasteiger partial charge < -0.3 is 26.4 Å². The molecule has 0 radical (unpaired) electrons. The zero-order valence-corrected chi connectivity index (χ0v) is 11.2. The lowest BCUT2D eigenvalue weighted by molar-refractivity contribution is 0.0833. The highest BCUT2D eigenvalue weighted by Crippen LogP contribution is 2.29. The molecule has 0 aliphatic heterocycles. The quantitative estimate of drug-likeness (QED) is 0.509. The number of nitrogens with one attached hydrogen (secondary N) is 1. The van der Waals surface area contributed by atoms with E-state index in [0.29, 0.717) is 15.8 Å². The molecule has 0 unspecified atom stereocenters. The van der Waals surface area contributed by atoms with Crippen molar-refractivity contribution in [1.29, 1.82) is 0 Å². The SMILES string of the molecule is Cc1cc(NC(CO)(CO)CO)c(Br)cc1N. The Morgan fingerprint density at radius 3 is 2.24 bits per heavy atom. The maximum atomic E-state index is 9.23. The van der Waals surface area contributed by atoms with Gasteiger partial charge in [-0.25, -0.2) is 0 Å². The lowest BCUT2D eigenvalue weighted by Crippen LogP contribution is -2.49. The molecule has 6 N–H and O–H groups in total. The van der Waals surface area contributed by atoms with Crippen molar-refractivity contribution >= 4 is 27.3 Å². The molecule has 0 atom stereocenters. The zero-order valence-electron chi connectivity index (χ0n) is 9.57. The highest BCUT2D eigenvalue weighted by atomic mass is 79.9. The number of rotatable bonds is 5. The summed E-state index contributed by atoms with van der Waals surface area (Å²) >= 11 is 3.33. The van der Waals surface area contributed by atoms with Gasteiger partial charge in [-0.05, 0) is 40.5 Å². The Kier molecular flexibility index (Phi) is 4.76. The Bertz CT molecular complexity index is 386. The molecule has 0 saturated carbocycles. The third-order valence-corrected chi connectivity index (χ3v) is 3.32. The van der Waals surface area contributed by atoms with E-state index >= 15 is 0 Å². The van der Waals surface area contributed by atoms with Crippen molar-refractivity contribution < 1.29 is 15.3 Å². The molecule has 0 aliphatic carbocycles. The van der Waals surface area contributed by atoms with Crippen molar-refractivity contribution in [2.45, 2.75) is 12.5 Å². The molecule has 0 heterocycles. The molecule has 0 amide bonds. The van der Waals surface area contributed by atoms with Gasteiger partial charge in [0.1, 0.15) is 5.54 Å². The third-order valence-electron chi connectivity index (χ3n) is 2.66. The first-order valence-corrected chi connectivity index (χ1v) is 5.93. The average Bonchev–Trinajstić information content (AvgIpc) is 2.33. The van der Waals surface area contributed by atoms with E-state index in [1.807, 2.05) is 6.92 Å². The van der Waals surface area contributed by atoms with E-state index in [-0.39, 0.29) is 19.8 Å². The van der Waals surface area contributed by atoms with E-state index in [1.165, 1.54) is 0 Å². The standard InChI is InChI=1S/C11H17BrN2O3/c1-7-2-10(8(12)3-9(7)13)14-11(4-15,5-16)6-17/h2-3,14-17H,4-6,13H2,1H3. The maximum absolute atomic E-state index is 9.23. The molecule has 1 aromatic carbocycles. The Morgan fingerprint density at radius 1 is 1.24 bits per heavy atom. The van der Waals surface area contributed by atoms with E-state index < -0.39 is 5.54 Å². The molecule has 0 bridgehead atoms. The molecule has 0 aliphatic rings. The summed E-state index contributed by atoms with van der Waals surface area (Å²) in [6.45, 7) is 0.715. The van der Waals surface area contributed by atoms with E-state index in [2.05, 4.69) is 21.2 Å². The van der Waals surface area contributed by atoms with Crippen LogP contribution in [0, 0.1) is 6.92 Å². The third kappa shape index (κ3) is 3.10. The van der Waals surface area contributed by atoms with Gasteiger partial charge in [-0.3, -0.25) is 0 Å². The second kappa shape index (κ2) is 5.68. The van der Waals surface area contributed by atoms with Crippen molar-refractivity contribution in [2.75, 3.05) is 30.9 Å². The van der Waals surface area contributed by atoms with Crippen LogP contribution in [-0.2, 0) is 0 Å². The van der Waals surface area contributed by atoms with Crippen molar-refractivity contribution in [3.8, 4) is 0 Å². The van der Waals surface area contributed by atoms with Gasteiger partial charge in [-0.2, -0.15) is 0 Å². The van der Waals surface area contributed by atoms with Crippen LogP contribution < -0.4 is 11.1 Å². The molecule has 0 fully saturated rings. The molecule has 6 heteroatoms. The molecule has 0 spiro atoms. The summed E-state index contributed by atoms with van der Waals surface area (Å²) < 4.78 is 0.709. The lowest BCUT2D eigenvalue weighted by Gasteiger charge is -2.30. The van der Waals surface area contributed by atoms with E-state index in [1.54, 1.807) is 12.1 Å². The smallest absolute Gasteiger partial charge is 0.107 e. The van der Waals surface area contributed by atoms with Crippen LogP contribution in [0.3, 0.4) is 0 Å². The normalized spacial score (nSPS) is 11.6. The molecule has 17 heavy (non-hydrogen) atoms. The number of hydrogen-bond acceptors (Lipinski definition) is 5. The fourth-order valence-electron chi connectivity index (χ4n) is 1.35. The van der Waals surface area contributed by atoms with Gasteiger partial charge in [0.15, 0.2) is 0 Å². The van der Waals surface area contributed by atoms with Crippen LogP contribution in [0.1, 0.15) is 5.56 Å². The number of nitrogens with two attached hydrogens (primary N) is 1. The molecule has 96 valence electrons. The first-order valence-electron chi connectivity index (χ1n) is 5.14. The van der Waals surface area contributed by atoms with Crippen LogP contribution in [0.4, 0.5) is 11.4 Å². The summed E-state index contributed by atoms with van der Waals surface area (Å²) in [7, 11) is 0. The summed E-state index contributed by atoms with van der Waals surface area (Å²) in [5, 5.41) is 30.6. The fourth-order valence-corrected chi connectivity index (χ4v) is 1.81. The molecule has 0 saturated heterocycles. The topological polar surface area (TPSA) is 98.7 Å². The highest BCUT2D eigenvalue weighted by molar-refractivity contribution is 9.10. The number of benzene rings is 1. The van der Waals surface area contributed by atoms with Gasteiger partial charge >= 0.3 is 0 Å². The van der Waals surface area contributed by atoms with E-state index in [0.717, 1.165) is 5.56 Å². The van der Waals surface area contributed by atoms with Crippen molar-refractivity contribution in [3.05, 3.63) is 22.2 Å². The molecule has 5 nitrogen and oxygen atoms in total. The monoisotopic (exact) mass is 304 g/mol. The molecule has 0 aromatic heterocycles. The molecule has 1 rings (SSSR count). The lowest BCUT2D eigenvalue weighted by atomic mass is 10.0. The highest BCUT2D eigenvalue weighted by Gasteiger charge is 2.28. The van der Waals surface area contributed by atoms with Crippen molar-refractivity contribution in [2.24, 2.45) is 0 Å². The van der Waals surface area contributed by atoms with Gasteiger partial charge in [-0.15, -0.1) is 0 Å². The Balaban J connectivity index is 3.05. The Labute approximate surface area is 108 Å². The first kappa shape index (κ1) is 14.2. The second-order valence-corrected chi connectivity index (χ2v) is 4.92. The number of aryl methyl sites for hydroxylation is 1. The first-order chi connectivity index (χ1) is 7.98. The molecular weight excluding hydrogens is 288 g/mol. The minimum atomic E-state index is -1.15. The minimum absolute atomic E-state index is 0.379. The number of halogens is 1. The number of aliphatic hydroxyl groups excluding tert-OH is 3. The van der Waals surface area contributed by atoms with Crippen LogP contribution >= 0.6 is 15.9 Å². The Hall–Kier alpha value is -0.820. The predicted octanol–water partition coefficient (Wildman–Crippen LogP) is 0.467. The van der Waals surface area contributed by atoms with Crippen LogP contribution in [-0.4, -0.2) is 40.7 Å². The van der Waals surface area contributed by atoms with Gasteiger partial charge in [0.05, 0.1) is 19.8 Å². The zero-order chi connectivity index (χ0) is 13.1. The summed E-state index contributed by atoms with van der Waals surface area (Å²) in [6, 6.07) is 3.52. The second-order valence-electron chi connectivity index (χ2n) is 4.07. The maximum Gasteiger partial charge on any atom is 0.107 e. The number of anilines is 2. The predicted molar refractivity (Wildman–Crippen MR) is 70.9 cm³/mol. The van der Waals surface area contributed by atoms with Gasteiger partial charge in [0.2, 0.25) is 0 Å². The summed E-state index contributed by atoms with van der Waals surface area (Å²) in [4.78, 5) is 0. The van der Waals surface area contributed by atoms with Crippen molar-refractivity contribution in [3.63, 3.8) is 0 Å². The van der Waals surface area contributed by atoms with Crippen molar-refractivity contribution in [1.82, 2.24) is 0 Å². The summed E-state index contributed by atoms with van der Waals surface area (Å²) in [6.07, 6.45) is 0. The largest absolute Gasteiger partial charge is 0.398 e. The van der Waals surface area contributed by atoms with Gasteiger partial charge in [0.25, 0.3) is 0 Å². The number of nitrogen functional groups attached to an aromatic ring is 1. The molecule has 1 aromatic rings. The van der Waals surface area contributed by atoms with Gasteiger partial charge in [-0.1, -0.05) is 0 Å². The minimum Gasteiger partial charge on any atom is -0.398 e. The van der Waals surface area contributed by atoms with Crippen LogP contribution in [0.5, 0.6) is 0 Å². The van der Waals surface area contributed by atoms with Gasteiger partial charge in [0, 0.05) is 15.8 Å². The van der Waals surface area contributed by atoms with E-state index in [9.17, 15) is 15.3 Å². The van der Waals surface area contributed by atoms with Crippen LogP contribution in [0.2, 0.25) is 0 Å². The number of aliphatic hydroxyl groups is 3. The fraction of sp³-hybridized carbons (Fsp3) is 0.455. The average molecular weight is 305 g/mol. The van der Waals surface area contributed by atoms with Crippen LogP contribution in [0.25, 0.3) is 0 Å². The summed E-state index contributed by atoms with van der Waals surface area (Å²) in [5.74, 6) is 0. The molecular formula is C11H17BrN2O3. The van der Waals surface area contributed by atoms with Crippen LogP contribution in [0.15, 0.2) is 16.6 Å². The summed E-state index contributed by atoms with van der Waals surface area (Å²) in [5.41, 5.74) is 6.78.